The van der Waals surface area contributed by atoms with Crippen molar-refractivity contribution in [2.24, 2.45) is 5.92 Å². The van der Waals surface area contributed by atoms with Crippen LogP contribution < -0.4 is 5.48 Å². The molecule has 1 atom stereocenters. The highest BCUT2D eigenvalue weighted by molar-refractivity contribution is 5.40. The second-order valence-corrected chi connectivity index (χ2v) is 4.90. The summed E-state index contributed by atoms with van der Waals surface area (Å²) in [5, 5.41) is 0. The highest BCUT2D eigenvalue weighted by Gasteiger charge is 2.05. The number of benzene rings is 1. The van der Waals surface area contributed by atoms with Crippen molar-refractivity contribution in [1.82, 2.24) is 0 Å². The topological polar surface area (TPSA) is 21.3 Å². The van der Waals surface area contributed by atoms with Crippen LogP contribution in [-0.4, -0.2) is 6.10 Å². The summed E-state index contributed by atoms with van der Waals surface area (Å²) in [5.74, 6) is 0.564. The van der Waals surface area contributed by atoms with Crippen molar-refractivity contribution in [3.8, 4) is 0 Å². The van der Waals surface area contributed by atoms with E-state index in [1.165, 1.54) is 12.8 Å². The average molecular weight is 247 g/mol. The van der Waals surface area contributed by atoms with Gasteiger partial charge in [-0.25, -0.2) is 0 Å². The Bertz CT molecular complexity index is 332. The third-order valence-electron chi connectivity index (χ3n) is 2.65. The number of hydrogen-bond donors (Lipinski definition) is 1. The highest BCUT2D eigenvalue weighted by atomic mass is 16.7. The van der Waals surface area contributed by atoms with E-state index in [1.54, 1.807) is 0 Å². The van der Waals surface area contributed by atoms with E-state index in [-0.39, 0.29) is 6.10 Å². The Hall–Kier alpha value is -1.28. The summed E-state index contributed by atoms with van der Waals surface area (Å²) in [6.07, 6.45) is 7.94. The van der Waals surface area contributed by atoms with Crippen molar-refractivity contribution in [3.63, 3.8) is 0 Å². The van der Waals surface area contributed by atoms with E-state index in [4.69, 9.17) is 4.84 Å². The molecular formula is C16H25NO. The smallest absolute Gasteiger partial charge is 0.103 e. The molecule has 0 saturated carbocycles. The quantitative estimate of drug-likeness (QED) is 0.526. The maximum atomic E-state index is 5.74. The van der Waals surface area contributed by atoms with E-state index in [0.717, 1.165) is 12.1 Å². The summed E-state index contributed by atoms with van der Waals surface area (Å²) in [6, 6.07) is 10.00. The van der Waals surface area contributed by atoms with Gasteiger partial charge in [-0.3, -0.25) is 10.3 Å². The Balaban J connectivity index is 2.45. The third kappa shape index (κ3) is 6.45. The van der Waals surface area contributed by atoms with Crippen LogP contribution in [0.25, 0.3) is 0 Å². The van der Waals surface area contributed by atoms with Crippen LogP contribution in [0.15, 0.2) is 42.5 Å². The molecule has 0 unspecified atom stereocenters. The van der Waals surface area contributed by atoms with Gasteiger partial charge >= 0.3 is 0 Å². The maximum absolute atomic E-state index is 5.74. The van der Waals surface area contributed by atoms with E-state index < -0.39 is 0 Å². The van der Waals surface area contributed by atoms with Gasteiger partial charge in [-0.2, -0.15) is 0 Å². The first-order chi connectivity index (χ1) is 8.72. The summed E-state index contributed by atoms with van der Waals surface area (Å²) < 4.78 is 0. The minimum absolute atomic E-state index is 0.146. The van der Waals surface area contributed by atoms with E-state index in [9.17, 15) is 0 Å². The van der Waals surface area contributed by atoms with Gasteiger partial charge in [-0.1, -0.05) is 64.0 Å². The molecule has 2 heteroatoms. The zero-order valence-electron chi connectivity index (χ0n) is 11.7. The van der Waals surface area contributed by atoms with Crippen molar-refractivity contribution in [3.05, 3.63) is 42.5 Å². The van der Waals surface area contributed by atoms with E-state index in [1.807, 2.05) is 30.3 Å². The molecule has 0 radical (unpaired) electrons. The first kappa shape index (κ1) is 14.8. The number of rotatable bonds is 8. The SMILES string of the molecule is CCCC[C@@H](/C=C/C(C)C)ONc1ccccc1. The predicted molar refractivity (Wildman–Crippen MR) is 78.4 cm³/mol. The van der Waals surface area contributed by atoms with Crippen LogP contribution in [0.1, 0.15) is 40.0 Å². The first-order valence-corrected chi connectivity index (χ1v) is 6.87. The molecule has 0 heterocycles. The number of allylic oxidation sites excluding steroid dienone is 1. The van der Waals surface area contributed by atoms with Crippen molar-refractivity contribution in [2.45, 2.75) is 46.1 Å². The molecule has 0 aromatic heterocycles. The highest BCUT2D eigenvalue weighted by Crippen LogP contribution is 2.11. The van der Waals surface area contributed by atoms with Gasteiger partial charge < -0.3 is 0 Å². The Kier molecular flexibility index (Phi) is 7.19. The minimum atomic E-state index is 0.146. The normalized spacial score (nSPS) is 13.1. The lowest BCUT2D eigenvalue weighted by molar-refractivity contribution is 0.127. The largest absolute Gasteiger partial charge is 0.269 e. The molecule has 1 aromatic carbocycles. The molecule has 0 bridgehead atoms. The summed E-state index contributed by atoms with van der Waals surface area (Å²) in [7, 11) is 0. The maximum Gasteiger partial charge on any atom is 0.103 e. The zero-order chi connectivity index (χ0) is 13.2. The van der Waals surface area contributed by atoms with E-state index >= 15 is 0 Å². The molecule has 100 valence electrons. The number of unbranched alkanes of at least 4 members (excludes halogenated alkanes) is 1. The van der Waals surface area contributed by atoms with Crippen LogP contribution in [0.2, 0.25) is 0 Å². The number of nitrogens with one attached hydrogen (secondary N) is 1. The Morgan fingerprint density at radius 1 is 1.17 bits per heavy atom. The van der Waals surface area contributed by atoms with Gasteiger partial charge in [0.2, 0.25) is 0 Å². The second kappa shape index (κ2) is 8.76. The average Bonchev–Trinajstić information content (AvgIpc) is 2.39. The summed E-state index contributed by atoms with van der Waals surface area (Å²) >= 11 is 0. The van der Waals surface area contributed by atoms with Crippen molar-refractivity contribution < 1.29 is 4.84 Å². The Labute approximate surface area is 111 Å². The molecule has 1 N–H and O–H groups in total. The predicted octanol–water partition coefficient (Wildman–Crippen LogP) is 4.80. The fourth-order valence-electron chi connectivity index (χ4n) is 1.60. The summed E-state index contributed by atoms with van der Waals surface area (Å²) in [4.78, 5) is 5.74. The lowest BCUT2D eigenvalue weighted by Gasteiger charge is -2.15. The van der Waals surface area contributed by atoms with Crippen molar-refractivity contribution >= 4 is 5.69 Å². The van der Waals surface area contributed by atoms with Crippen molar-refractivity contribution in [1.29, 1.82) is 0 Å². The summed E-state index contributed by atoms with van der Waals surface area (Å²) in [6.45, 7) is 6.56. The van der Waals surface area contributed by atoms with Crippen LogP contribution >= 0.6 is 0 Å². The number of anilines is 1. The monoisotopic (exact) mass is 247 g/mol. The lowest BCUT2D eigenvalue weighted by atomic mass is 10.1. The minimum Gasteiger partial charge on any atom is -0.269 e. The fourth-order valence-corrected chi connectivity index (χ4v) is 1.60. The molecule has 0 aliphatic carbocycles. The fraction of sp³-hybridized carbons (Fsp3) is 0.500. The third-order valence-corrected chi connectivity index (χ3v) is 2.65. The Morgan fingerprint density at radius 2 is 1.89 bits per heavy atom. The molecule has 0 aliphatic rings. The lowest BCUT2D eigenvalue weighted by Crippen LogP contribution is -2.15. The van der Waals surface area contributed by atoms with E-state index in [0.29, 0.717) is 5.92 Å². The molecule has 1 rings (SSSR count). The molecule has 0 aliphatic heterocycles. The van der Waals surface area contributed by atoms with Gasteiger partial charge in [0, 0.05) is 0 Å². The second-order valence-electron chi connectivity index (χ2n) is 4.90. The van der Waals surface area contributed by atoms with Crippen LogP contribution in [0, 0.1) is 5.92 Å². The zero-order valence-corrected chi connectivity index (χ0v) is 11.7. The first-order valence-electron chi connectivity index (χ1n) is 6.87. The van der Waals surface area contributed by atoms with Gasteiger partial charge in [0.1, 0.15) is 6.10 Å². The molecule has 1 aromatic rings. The van der Waals surface area contributed by atoms with Gasteiger partial charge in [0.05, 0.1) is 5.69 Å². The standard InChI is InChI=1S/C16H25NO/c1-4-5-11-16(13-12-14(2)3)18-17-15-9-7-6-8-10-15/h6-10,12-14,16-17H,4-5,11H2,1-3H3/b13-12+/t16-/m0/s1. The molecule has 0 amide bonds. The van der Waals surface area contributed by atoms with Crippen LogP contribution in [0.5, 0.6) is 0 Å². The molecule has 18 heavy (non-hydrogen) atoms. The van der Waals surface area contributed by atoms with Gasteiger partial charge in [0.25, 0.3) is 0 Å². The van der Waals surface area contributed by atoms with Crippen LogP contribution in [-0.2, 0) is 4.84 Å². The van der Waals surface area contributed by atoms with Gasteiger partial charge in [-0.15, -0.1) is 0 Å². The molecule has 2 nitrogen and oxygen atoms in total. The van der Waals surface area contributed by atoms with Crippen LogP contribution in [0.3, 0.4) is 0 Å². The van der Waals surface area contributed by atoms with Crippen molar-refractivity contribution in [2.75, 3.05) is 5.48 Å². The van der Waals surface area contributed by atoms with E-state index in [2.05, 4.69) is 38.4 Å². The number of para-hydroxylation sites is 1. The number of hydrogen-bond acceptors (Lipinski definition) is 2. The van der Waals surface area contributed by atoms with Gasteiger partial charge in [0.15, 0.2) is 0 Å². The van der Waals surface area contributed by atoms with Crippen LogP contribution in [0.4, 0.5) is 5.69 Å². The molecule has 0 fully saturated rings. The Morgan fingerprint density at radius 3 is 2.50 bits per heavy atom. The summed E-state index contributed by atoms with van der Waals surface area (Å²) in [5.41, 5.74) is 4.02. The molecule has 0 spiro atoms. The molecular weight excluding hydrogens is 222 g/mol. The van der Waals surface area contributed by atoms with Gasteiger partial charge in [-0.05, 0) is 24.5 Å². The molecule has 0 saturated heterocycles.